The van der Waals surface area contributed by atoms with Gasteiger partial charge in [0.1, 0.15) is 0 Å². The zero-order valence-corrected chi connectivity index (χ0v) is 8.05. The van der Waals surface area contributed by atoms with E-state index in [1.807, 2.05) is 5.32 Å². The van der Waals surface area contributed by atoms with Crippen LogP contribution in [0.25, 0.3) is 0 Å². The van der Waals surface area contributed by atoms with E-state index in [4.69, 9.17) is 11.6 Å². The van der Waals surface area contributed by atoms with E-state index in [-0.39, 0.29) is 6.61 Å². The predicted molar refractivity (Wildman–Crippen MR) is 45.5 cm³/mol. The van der Waals surface area contributed by atoms with Gasteiger partial charge in [-0.2, -0.15) is 0 Å². The molecule has 0 fully saturated rings. The van der Waals surface area contributed by atoms with Gasteiger partial charge in [-0.15, -0.1) is 11.6 Å². The number of carbonyl (C=O) groups is 3. The van der Waals surface area contributed by atoms with E-state index in [0.717, 1.165) is 6.92 Å². The highest BCUT2D eigenvalue weighted by Crippen LogP contribution is 1.97. The predicted octanol–water partition coefficient (Wildman–Crippen LogP) is 0.456. The van der Waals surface area contributed by atoms with Crippen LogP contribution in [0, 0.1) is 0 Å². The number of hydrogen-bond donors (Lipinski definition) is 1. The molecule has 0 aromatic rings. The quantitative estimate of drug-likeness (QED) is 0.539. The van der Waals surface area contributed by atoms with Crippen LogP contribution in [0.5, 0.6) is 0 Å². The molecular weight excluding hydrogens is 198 g/mol. The van der Waals surface area contributed by atoms with Gasteiger partial charge in [0.25, 0.3) is 5.91 Å². The molecule has 0 aliphatic heterocycles. The van der Waals surface area contributed by atoms with Gasteiger partial charge in [0.05, 0.1) is 6.61 Å². The molecule has 0 radical (unpaired) electrons. The number of imide groups is 1. The van der Waals surface area contributed by atoms with Crippen LogP contribution in [0.3, 0.4) is 0 Å². The van der Waals surface area contributed by atoms with Crippen molar-refractivity contribution in [2.75, 3.05) is 6.61 Å². The van der Waals surface area contributed by atoms with Crippen molar-refractivity contribution in [3.8, 4) is 0 Å². The molecule has 1 unspecified atom stereocenters. The molecule has 0 aromatic heterocycles. The van der Waals surface area contributed by atoms with Crippen molar-refractivity contribution in [3.05, 3.63) is 0 Å². The number of rotatable bonds is 3. The molecule has 74 valence electrons. The highest BCUT2D eigenvalue weighted by Gasteiger charge is 2.22. The molecule has 1 atom stereocenters. The molecule has 6 heteroatoms. The Morgan fingerprint density at radius 3 is 2.38 bits per heavy atom. The van der Waals surface area contributed by atoms with E-state index in [0.29, 0.717) is 0 Å². The summed E-state index contributed by atoms with van der Waals surface area (Å²) in [6.07, 6.45) is -0.903. The van der Waals surface area contributed by atoms with Crippen molar-refractivity contribution in [1.82, 2.24) is 5.32 Å². The standard InChI is InChI=1S/C7H10ClNO4/c1-3-13-7(12)9-6(11)5(8)4(2)10/h5H,3H2,1-2H3,(H,9,11,12). The van der Waals surface area contributed by atoms with Gasteiger partial charge in [0, 0.05) is 0 Å². The molecule has 0 bridgehead atoms. The minimum Gasteiger partial charge on any atom is -0.450 e. The second-order valence-corrected chi connectivity index (χ2v) is 2.62. The van der Waals surface area contributed by atoms with Crippen LogP contribution >= 0.6 is 11.6 Å². The Hall–Kier alpha value is -1.10. The van der Waals surface area contributed by atoms with E-state index < -0.39 is 23.2 Å². The van der Waals surface area contributed by atoms with E-state index >= 15 is 0 Å². The summed E-state index contributed by atoms with van der Waals surface area (Å²) in [5, 5.41) is 0.466. The molecule has 2 amide bonds. The first-order valence-corrected chi connectivity index (χ1v) is 4.04. The molecule has 0 aliphatic rings. The van der Waals surface area contributed by atoms with Crippen molar-refractivity contribution >= 4 is 29.4 Å². The number of halogens is 1. The van der Waals surface area contributed by atoms with Gasteiger partial charge in [-0.1, -0.05) is 0 Å². The number of hydrogen-bond acceptors (Lipinski definition) is 4. The minimum atomic E-state index is -1.34. The molecule has 13 heavy (non-hydrogen) atoms. The first kappa shape index (κ1) is 11.9. The van der Waals surface area contributed by atoms with Crippen LogP contribution in [-0.4, -0.2) is 29.8 Å². The van der Waals surface area contributed by atoms with Crippen LogP contribution in [0.1, 0.15) is 13.8 Å². The minimum absolute atomic E-state index is 0.145. The Morgan fingerprint density at radius 1 is 1.46 bits per heavy atom. The zero-order chi connectivity index (χ0) is 10.4. The largest absolute Gasteiger partial charge is 0.450 e. The summed E-state index contributed by atoms with van der Waals surface area (Å²) in [6.45, 7) is 2.89. The van der Waals surface area contributed by atoms with E-state index in [1.54, 1.807) is 6.92 Å². The fraction of sp³-hybridized carbons (Fsp3) is 0.571. The van der Waals surface area contributed by atoms with Crippen molar-refractivity contribution in [1.29, 1.82) is 0 Å². The number of alkyl halides is 1. The Labute approximate surface area is 80.4 Å². The molecule has 1 N–H and O–H groups in total. The third-order valence-corrected chi connectivity index (χ3v) is 1.59. The monoisotopic (exact) mass is 207 g/mol. The molecule has 5 nitrogen and oxygen atoms in total. The molecular formula is C7H10ClNO4. The van der Waals surface area contributed by atoms with Gasteiger partial charge in [-0.25, -0.2) is 4.79 Å². The van der Waals surface area contributed by atoms with Crippen LogP contribution in [-0.2, 0) is 14.3 Å². The first-order chi connectivity index (χ1) is 5.99. The molecule has 0 spiro atoms. The lowest BCUT2D eigenvalue weighted by Crippen LogP contribution is -2.39. The average Bonchev–Trinajstić information content (AvgIpc) is 2.03. The molecule has 0 heterocycles. The number of ether oxygens (including phenoxy) is 1. The van der Waals surface area contributed by atoms with Crippen molar-refractivity contribution in [3.63, 3.8) is 0 Å². The maximum atomic E-state index is 10.9. The number of alkyl carbamates (subject to hydrolysis) is 1. The summed E-state index contributed by atoms with van der Waals surface area (Å²) in [6, 6.07) is 0. The lowest BCUT2D eigenvalue weighted by atomic mass is 10.3. The Bertz CT molecular complexity index is 229. The number of carbonyl (C=O) groups excluding carboxylic acids is 3. The van der Waals surface area contributed by atoms with Crippen LogP contribution in [0.2, 0.25) is 0 Å². The van der Waals surface area contributed by atoms with Gasteiger partial charge < -0.3 is 4.74 Å². The molecule has 0 aromatic carbocycles. The summed E-state index contributed by atoms with van der Waals surface area (Å²) in [7, 11) is 0. The average molecular weight is 208 g/mol. The fourth-order valence-corrected chi connectivity index (χ4v) is 0.570. The van der Waals surface area contributed by atoms with Crippen LogP contribution < -0.4 is 5.32 Å². The lowest BCUT2D eigenvalue weighted by Gasteiger charge is -2.05. The van der Waals surface area contributed by atoms with Crippen molar-refractivity contribution < 1.29 is 19.1 Å². The van der Waals surface area contributed by atoms with Crippen molar-refractivity contribution in [2.45, 2.75) is 19.2 Å². The van der Waals surface area contributed by atoms with Gasteiger partial charge >= 0.3 is 6.09 Å². The number of nitrogens with one attached hydrogen (secondary N) is 1. The SMILES string of the molecule is CCOC(=O)NC(=O)C(Cl)C(C)=O. The molecule has 0 saturated heterocycles. The highest BCUT2D eigenvalue weighted by atomic mass is 35.5. The van der Waals surface area contributed by atoms with Gasteiger partial charge in [-0.3, -0.25) is 14.9 Å². The summed E-state index contributed by atoms with van der Waals surface area (Å²) in [5.41, 5.74) is 0. The summed E-state index contributed by atoms with van der Waals surface area (Å²) >= 11 is 5.34. The number of amides is 2. The third-order valence-electron chi connectivity index (χ3n) is 1.09. The molecule has 0 aliphatic carbocycles. The Kier molecular flexibility index (Phi) is 5.06. The van der Waals surface area contributed by atoms with Gasteiger partial charge in [-0.05, 0) is 13.8 Å². The molecule has 0 rings (SSSR count). The maximum Gasteiger partial charge on any atom is 0.413 e. The van der Waals surface area contributed by atoms with Crippen LogP contribution in [0.15, 0.2) is 0 Å². The maximum absolute atomic E-state index is 10.9. The zero-order valence-electron chi connectivity index (χ0n) is 7.30. The number of Topliss-reactive ketones (excluding diaryl/α,β-unsaturated/α-hetero) is 1. The number of ketones is 1. The topological polar surface area (TPSA) is 72.5 Å². The van der Waals surface area contributed by atoms with E-state index in [9.17, 15) is 14.4 Å². The van der Waals surface area contributed by atoms with E-state index in [2.05, 4.69) is 4.74 Å². The van der Waals surface area contributed by atoms with Crippen molar-refractivity contribution in [2.24, 2.45) is 0 Å². The summed E-state index contributed by atoms with van der Waals surface area (Å²) in [4.78, 5) is 32.1. The Morgan fingerprint density at radius 2 is 2.00 bits per heavy atom. The lowest BCUT2D eigenvalue weighted by molar-refractivity contribution is -0.126. The second-order valence-electron chi connectivity index (χ2n) is 2.18. The normalized spacial score (nSPS) is 11.6. The third kappa shape index (κ3) is 4.47. The Balaban J connectivity index is 4.00. The summed E-state index contributed by atoms with van der Waals surface area (Å²) < 4.78 is 4.40. The summed E-state index contributed by atoms with van der Waals surface area (Å²) in [5.74, 6) is -1.39. The highest BCUT2D eigenvalue weighted by molar-refractivity contribution is 6.42. The smallest absolute Gasteiger partial charge is 0.413 e. The van der Waals surface area contributed by atoms with Crippen LogP contribution in [0.4, 0.5) is 4.79 Å². The van der Waals surface area contributed by atoms with E-state index in [1.165, 1.54) is 0 Å². The van der Waals surface area contributed by atoms with Gasteiger partial charge in [0.15, 0.2) is 11.2 Å². The second kappa shape index (κ2) is 5.53. The van der Waals surface area contributed by atoms with Gasteiger partial charge in [0.2, 0.25) is 0 Å². The molecule has 0 saturated carbocycles. The first-order valence-electron chi connectivity index (χ1n) is 3.61. The fourth-order valence-electron chi connectivity index (χ4n) is 0.516.